The van der Waals surface area contributed by atoms with Gasteiger partial charge in [0.2, 0.25) is 5.91 Å². The Bertz CT molecular complexity index is 465. The highest BCUT2D eigenvalue weighted by Crippen LogP contribution is 2.31. The molecular formula is C12H17N3O3S. The molecule has 104 valence electrons. The molecule has 0 unspecified atom stereocenters. The van der Waals surface area contributed by atoms with Crippen LogP contribution in [0.4, 0.5) is 0 Å². The highest BCUT2D eigenvalue weighted by molar-refractivity contribution is 8.04. The summed E-state index contributed by atoms with van der Waals surface area (Å²) in [6.07, 6.45) is 0. The molecule has 0 bridgehead atoms. The number of thioether (sulfide) groups is 1. The van der Waals surface area contributed by atoms with Crippen molar-refractivity contribution < 1.29 is 14.7 Å². The van der Waals surface area contributed by atoms with Gasteiger partial charge in [-0.1, -0.05) is 11.8 Å². The summed E-state index contributed by atoms with van der Waals surface area (Å²) in [6, 6.07) is 1.85. The van der Waals surface area contributed by atoms with Gasteiger partial charge in [-0.25, -0.2) is 0 Å². The Hall–Kier alpha value is -1.52. The van der Waals surface area contributed by atoms with E-state index in [1.54, 1.807) is 20.8 Å². The predicted octanol–water partition coefficient (Wildman–Crippen LogP) is 0.204. The van der Waals surface area contributed by atoms with Gasteiger partial charge < -0.3 is 15.3 Å². The highest BCUT2D eigenvalue weighted by Gasteiger charge is 2.32. The minimum absolute atomic E-state index is 0.0841. The second kappa shape index (κ2) is 6.08. The number of carbonyl (C=O) groups is 2. The van der Waals surface area contributed by atoms with Crippen molar-refractivity contribution in [3.63, 3.8) is 0 Å². The molecule has 2 N–H and O–H groups in total. The van der Waals surface area contributed by atoms with E-state index in [4.69, 9.17) is 10.4 Å². The molecule has 0 atom stereocenters. The summed E-state index contributed by atoms with van der Waals surface area (Å²) < 4.78 is 0. The molecule has 0 saturated carbocycles. The second-order valence-corrected chi connectivity index (χ2v) is 5.68. The van der Waals surface area contributed by atoms with Gasteiger partial charge in [0, 0.05) is 6.54 Å². The first-order valence-corrected chi connectivity index (χ1v) is 6.85. The van der Waals surface area contributed by atoms with Crippen LogP contribution in [-0.4, -0.2) is 46.3 Å². The number of nitrogens with zero attached hydrogens (tertiary/aromatic N) is 2. The molecule has 0 aromatic heterocycles. The molecular weight excluding hydrogens is 266 g/mol. The van der Waals surface area contributed by atoms with Crippen molar-refractivity contribution in [2.45, 2.75) is 26.3 Å². The topological polar surface area (TPSA) is 93.4 Å². The van der Waals surface area contributed by atoms with Gasteiger partial charge in [0.25, 0.3) is 5.91 Å². The van der Waals surface area contributed by atoms with Crippen LogP contribution in [0.2, 0.25) is 0 Å². The number of aliphatic hydroxyl groups excluding tert-OH is 1. The van der Waals surface area contributed by atoms with Gasteiger partial charge in [-0.15, -0.1) is 0 Å². The van der Waals surface area contributed by atoms with Crippen molar-refractivity contribution in [3.8, 4) is 6.07 Å². The monoisotopic (exact) mass is 283 g/mol. The first kappa shape index (κ1) is 15.5. The van der Waals surface area contributed by atoms with Gasteiger partial charge >= 0.3 is 0 Å². The third-order valence-electron chi connectivity index (χ3n) is 2.59. The summed E-state index contributed by atoms with van der Waals surface area (Å²) in [7, 11) is 0. The van der Waals surface area contributed by atoms with Crippen molar-refractivity contribution >= 4 is 23.6 Å². The number of hydrogen-bond acceptors (Lipinski definition) is 5. The number of carbonyl (C=O) groups excluding carboxylic acids is 2. The fraction of sp³-hybridized carbons (Fsp3) is 0.583. The Morgan fingerprint density at radius 2 is 2.26 bits per heavy atom. The van der Waals surface area contributed by atoms with E-state index >= 15 is 0 Å². The fourth-order valence-electron chi connectivity index (χ4n) is 1.53. The Kier molecular flexibility index (Phi) is 4.97. The lowest BCUT2D eigenvalue weighted by molar-refractivity contribution is -0.125. The van der Waals surface area contributed by atoms with E-state index in [1.807, 2.05) is 6.07 Å². The lowest BCUT2D eigenvalue weighted by Gasteiger charge is -2.24. The van der Waals surface area contributed by atoms with E-state index in [0.717, 1.165) is 0 Å². The lowest BCUT2D eigenvalue weighted by Crippen LogP contribution is -2.47. The standard InChI is InChI=1S/C12H17N3O3S/c1-4-15-9(17)6-19-11(15)8(5-13)10(18)14-12(2,3)7-16/h16H,4,6-7H2,1-3H3,(H,14,18)/b11-8-. The van der Waals surface area contributed by atoms with Crippen molar-refractivity contribution in [1.29, 1.82) is 5.26 Å². The van der Waals surface area contributed by atoms with Crippen LogP contribution >= 0.6 is 11.8 Å². The summed E-state index contributed by atoms with van der Waals surface area (Å²) in [4.78, 5) is 25.1. The van der Waals surface area contributed by atoms with Crippen LogP contribution in [0.3, 0.4) is 0 Å². The van der Waals surface area contributed by atoms with Crippen LogP contribution in [-0.2, 0) is 9.59 Å². The summed E-state index contributed by atoms with van der Waals surface area (Å²) in [5, 5.41) is 21.2. The van der Waals surface area contributed by atoms with E-state index in [9.17, 15) is 9.59 Å². The highest BCUT2D eigenvalue weighted by atomic mass is 32.2. The smallest absolute Gasteiger partial charge is 0.265 e. The van der Waals surface area contributed by atoms with Crippen LogP contribution < -0.4 is 5.32 Å². The van der Waals surface area contributed by atoms with Crippen LogP contribution in [0.25, 0.3) is 0 Å². The fourth-order valence-corrected chi connectivity index (χ4v) is 2.62. The lowest BCUT2D eigenvalue weighted by atomic mass is 10.1. The van der Waals surface area contributed by atoms with Gasteiger partial charge in [0.05, 0.1) is 17.9 Å². The maximum atomic E-state index is 12.1. The minimum Gasteiger partial charge on any atom is -0.394 e. The number of rotatable bonds is 4. The van der Waals surface area contributed by atoms with E-state index in [2.05, 4.69) is 5.32 Å². The number of hydrogen-bond donors (Lipinski definition) is 2. The molecule has 19 heavy (non-hydrogen) atoms. The maximum absolute atomic E-state index is 12.1. The van der Waals surface area contributed by atoms with Crippen LogP contribution in [0.1, 0.15) is 20.8 Å². The summed E-state index contributed by atoms with van der Waals surface area (Å²) in [5.41, 5.74) is -0.899. The SMILES string of the molecule is CCN1C(=O)CS/C1=C(/C#N)C(=O)NC(C)(C)CO. The summed E-state index contributed by atoms with van der Waals surface area (Å²) >= 11 is 1.19. The Labute approximate surface area is 116 Å². The first-order chi connectivity index (χ1) is 8.86. The zero-order valence-electron chi connectivity index (χ0n) is 11.2. The minimum atomic E-state index is -0.815. The number of amides is 2. The molecule has 1 heterocycles. The average Bonchev–Trinajstić information content (AvgIpc) is 2.71. The normalized spacial score (nSPS) is 18.3. The summed E-state index contributed by atoms with van der Waals surface area (Å²) in [5.74, 6) is -0.438. The van der Waals surface area contributed by atoms with Crippen LogP contribution in [0.15, 0.2) is 10.6 Å². The largest absolute Gasteiger partial charge is 0.394 e. The Balaban J connectivity index is 3.04. The molecule has 0 aromatic rings. The molecule has 2 amide bonds. The molecule has 6 nitrogen and oxygen atoms in total. The molecule has 7 heteroatoms. The quantitative estimate of drug-likeness (QED) is 0.568. The number of nitrogens with one attached hydrogen (secondary N) is 1. The van der Waals surface area contributed by atoms with Crippen LogP contribution in [0.5, 0.6) is 0 Å². The molecule has 1 aliphatic rings. The molecule has 0 spiro atoms. The maximum Gasteiger partial charge on any atom is 0.265 e. The van der Waals surface area contributed by atoms with Crippen molar-refractivity contribution in [2.24, 2.45) is 0 Å². The first-order valence-electron chi connectivity index (χ1n) is 5.87. The molecule has 1 aliphatic heterocycles. The number of aliphatic hydroxyl groups is 1. The third-order valence-corrected chi connectivity index (χ3v) is 3.68. The molecule has 1 saturated heterocycles. The molecule has 1 fully saturated rings. The van der Waals surface area contributed by atoms with Crippen LogP contribution in [0, 0.1) is 11.3 Å². The number of nitriles is 1. The Morgan fingerprint density at radius 3 is 2.74 bits per heavy atom. The zero-order chi connectivity index (χ0) is 14.6. The van der Waals surface area contributed by atoms with Crippen molar-refractivity contribution in [1.82, 2.24) is 10.2 Å². The van der Waals surface area contributed by atoms with Gasteiger partial charge in [-0.3, -0.25) is 9.59 Å². The predicted molar refractivity (Wildman–Crippen MR) is 71.8 cm³/mol. The average molecular weight is 283 g/mol. The van der Waals surface area contributed by atoms with Crippen molar-refractivity contribution in [3.05, 3.63) is 10.6 Å². The van der Waals surface area contributed by atoms with Gasteiger partial charge in [-0.2, -0.15) is 5.26 Å². The molecule has 0 aliphatic carbocycles. The van der Waals surface area contributed by atoms with Gasteiger partial charge in [0.15, 0.2) is 0 Å². The third kappa shape index (κ3) is 3.49. The van der Waals surface area contributed by atoms with Gasteiger partial charge in [-0.05, 0) is 20.8 Å². The Morgan fingerprint density at radius 1 is 1.63 bits per heavy atom. The molecule has 0 aromatic carbocycles. The summed E-state index contributed by atoms with van der Waals surface area (Å²) in [6.45, 7) is 5.26. The van der Waals surface area contributed by atoms with E-state index in [0.29, 0.717) is 11.6 Å². The van der Waals surface area contributed by atoms with Crippen molar-refractivity contribution in [2.75, 3.05) is 18.9 Å². The van der Waals surface area contributed by atoms with E-state index in [-0.39, 0.29) is 23.8 Å². The van der Waals surface area contributed by atoms with E-state index < -0.39 is 11.4 Å². The second-order valence-electron chi connectivity index (χ2n) is 4.71. The molecule has 1 rings (SSSR count). The van der Waals surface area contributed by atoms with Gasteiger partial charge in [0.1, 0.15) is 16.7 Å². The van der Waals surface area contributed by atoms with E-state index in [1.165, 1.54) is 16.7 Å². The zero-order valence-corrected chi connectivity index (χ0v) is 12.0. The molecule has 0 radical (unpaired) electrons.